The molecule has 0 fully saturated rings. The zero-order chi connectivity index (χ0) is 22.2. The number of nitrogens with zero attached hydrogens (tertiary/aromatic N) is 1. The van der Waals surface area contributed by atoms with Crippen LogP contribution < -0.4 is 16.4 Å². The lowest BCUT2D eigenvalue weighted by Gasteiger charge is -2.17. The molecule has 0 saturated carbocycles. The summed E-state index contributed by atoms with van der Waals surface area (Å²) in [5.74, 6) is -0.339. The fourth-order valence-corrected chi connectivity index (χ4v) is 3.32. The van der Waals surface area contributed by atoms with Crippen molar-refractivity contribution < 1.29 is 9.59 Å². The molecule has 2 aromatic carbocycles. The SMILES string of the molecule is CC(Cc1ccc(Cl)cc1)NC(=O)CC(N)c1ccc(C(=O)Nc2ccncc2)cc1. The zero-order valence-corrected chi connectivity index (χ0v) is 18.0. The monoisotopic (exact) mass is 436 g/mol. The number of nitrogens with one attached hydrogen (secondary N) is 2. The van der Waals surface area contributed by atoms with Crippen LogP contribution in [-0.4, -0.2) is 22.8 Å². The molecule has 0 saturated heterocycles. The summed E-state index contributed by atoms with van der Waals surface area (Å²) in [4.78, 5) is 28.6. The average molecular weight is 437 g/mol. The van der Waals surface area contributed by atoms with E-state index in [9.17, 15) is 9.59 Å². The fourth-order valence-electron chi connectivity index (χ4n) is 3.20. The molecule has 0 radical (unpaired) electrons. The van der Waals surface area contributed by atoms with Crippen LogP contribution in [0.5, 0.6) is 0 Å². The van der Waals surface area contributed by atoms with E-state index in [1.807, 2.05) is 31.2 Å². The number of anilines is 1. The second kappa shape index (κ2) is 10.7. The summed E-state index contributed by atoms with van der Waals surface area (Å²) in [7, 11) is 0. The molecule has 2 amide bonds. The summed E-state index contributed by atoms with van der Waals surface area (Å²) in [5.41, 5.74) is 9.28. The van der Waals surface area contributed by atoms with Crippen molar-refractivity contribution in [3.8, 4) is 0 Å². The van der Waals surface area contributed by atoms with Gasteiger partial charge in [0.05, 0.1) is 0 Å². The lowest BCUT2D eigenvalue weighted by atomic mass is 10.0. The Kier molecular flexibility index (Phi) is 7.76. The summed E-state index contributed by atoms with van der Waals surface area (Å²) < 4.78 is 0. The Morgan fingerprint density at radius 2 is 1.65 bits per heavy atom. The summed E-state index contributed by atoms with van der Waals surface area (Å²) in [6.07, 6.45) is 4.09. The minimum absolute atomic E-state index is 0.0277. The first-order valence-corrected chi connectivity index (χ1v) is 10.4. The van der Waals surface area contributed by atoms with E-state index in [4.69, 9.17) is 17.3 Å². The van der Waals surface area contributed by atoms with Gasteiger partial charge in [0.25, 0.3) is 5.91 Å². The van der Waals surface area contributed by atoms with Gasteiger partial charge in [-0.2, -0.15) is 0 Å². The van der Waals surface area contributed by atoms with Crippen LogP contribution in [0, 0.1) is 0 Å². The van der Waals surface area contributed by atoms with Gasteiger partial charge in [-0.1, -0.05) is 35.9 Å². The van der Waals surface area contributed by atoms with E-state index < -0.39 is 6.04 Å². The molecule has 3 aromatic rings. The van der Waals surface area contributed by atoms with Crippen molar-refractivity contribution in [3.63, 3.8) is 0 Å². The Morgan fingerprint density at radius 1 is 1.00 bits per heavy atom. The van der Waals surface area contributed by atoms with E-state index in [1.54, 1.807) is 48.8 Å². The minimum Gasteiger partial charge on any atom is -0.353 e. The van der Waals surface area contributed by atoms with Gasteiger partial charge >= 0.3 is 0 Å². The molecule has 0 spiro atoms. The molecular formula is C24H25ClN4O2. The molecule has 6 nitrogen and oxygen atoms in total. The number of rotatable bonds is 8. The summed E-state index contributed by atoms with van der Waals surface area (Å²) >= 11 is 5.90. The number of halogens is 1. The van der Waals surface area contributed by atoms with Gasteiger partial charge < -0.3 is 16.4 Å². The van der Waals surface area contributed by atoms with E-state index in [0.29, 0.717) is 22.7 Å². The predicted octanol–water partition coefficient (Wildman–Crippen LogP) is 4.12. The topological polar surface area (TPSA) is 97.1 Å². The van der Waals surface area contributed by atoms with E-state index in [2.05, 4.69) is 15.6 Å². The Balaban J connectivity index is 1.50. The fraction of sp³-hybridized carbons (Fsp3) is 0.208. The normalized spacial score (nSPS) is 12.6. The van der Waals surface area contributed by atoms with E-state index in [1.165, 1.54) is 0 Å². The van der Waals surface area contributed by atoms with Crippen LogP contribution in [0.25, 0.3) is 0 Å². The molecule has 160 valence electrons. The summed E-state index contributed by atoms with van der Waals surface area (Å²) in [5, 5.41) is 6.47. The summed E-state index contributed by atoms with van der Waals surface area (Å²) in [6.45, 7) is 1.95. The van der Waals surface area contributed by atoms with Gasteiger partial charge in [-0.25, -0.2) is 0 Å². The molecule has 1 heterocycles. The summed E-state index contributed by atoms with van der Waals surface area (Å²) in [6, 6.07) is 17.5. The lowest BCUT2D eigenvalue weighted by Crippen LogP contribution is -2.35. The second-order valence-corrected chi connectivity index (χ2v) is 7.86. The van der Waals surface area contributed by atoms with Crippen molar-refractivity contribution in [2.75, 3.05) is 5.32 Å². The molecule has 0 aliphatic carbocycles. The highest BCUT2D eigenvalue weighted by Crippen LogP contribution is 2.17. The third-order valence-electron chi connectivity index (χ3n) is 4.81. The Labute approximate surface area is 186 Å². The van der Waals surface area contributed by atoms with Gasteiger partial charge in [0.2, 0.25) is 5.91 Å². The van der Waals surface area contributed by atoms with Crippen molar-refractivity contribution in [1.29, 1.82) is 0 Å². The Bertz CT molecular complexity index is 1010. The maximum absolute atomic E-state index is 12.4. The molecule has 7 heteroatoms. The highest BCUT2D eigenvalue weighted by Gasteiger charge is 2.15. The van der Waals surface area contributed by atoms with E-state index in [0.717, 1.165) is 11.1 Å². The third-order valence-corrected chi connectivity index (χ3v) is 5.06. The van der Waals surface area contributed by atoms with Crippen LogP contribution in [-0.2, 0) is 11.2 Å². The van der Waals surface area contributed by atoms with Crippen LogP contribution >= 0.6 is 11.6 Å². The number of hydrogen-bond acceptors (Lipinski definition) is 4. The number of nitrogens with two attached hydrogens (primary N) is 1. The van der Waals surface area contributed by atoms with E-state index >= 15 is 0 Å². The Morgan fingerprint density at radius 3 is 2.29 bits per heavy atom. The first-order chi connectivity index (χ1) is 14.9. The van der Waals surface area contributed by atoms with Crippen LogP contribution in [0.15, 0.2) is 73.1 Å². The van der Waals surface area contributed by atoms with E-state index in [-0.39, 0.29) is 24.3 Å². The maximum atomic E-state index is 12.4. The molecular weight excluding hydrogens is 412 g/mol. The molecule has 3 rings (SSSR count). The number of aromatic nitrogens is 1. The largest absolute Gasteiger partial charge is 0.353 e. The smallest absolute Gasteiger partial charge is 0.255 e. The number of amides is 2. The average Bonchev–Trinajstić information content (AvgIpc) is 2.76. The first-order valence-electron chi connectivity index (χ1n) is 10.0. The standard InChI is InChI=1S/C24H25ClN4O2/c1-16(14-17-2-8-20(25)9-3-17)28-23(30)15-22(26)18-4-6-19(7-5-18)24(31)29-21-10-12-27-13-11-21/h2-13,16,22H,14-15,26H2,1H3,(H,28,30)(H,27,29,31). The number of carbonyl (C=O) groups excluding carboxylic acids is 2. The number of hydrogen-bond donors (Lipinski definition) is 3. The predicted molar refractivity (Wildman–Crippen MR) is 123 cm³/mol. The second-order valence-electron chi connectivity index (χ2n) is 7.42. The van der Waals surface area contributed by atoms with Crippen molar-refractivity contribution in [2.24, 2.45) is 5.73 Å². The van der Waals surface area contributed by atoms with Crippen molar-refractivity contribution in [1.82, 2.24) is 10.3 Å². The molecule has 2 unspecified atom stereocenters. The van der Waals surface area contributed by atoms with Gasteiger partial charge in [0.1, 0.15) is 0 Å². The van der Waals surface area contributed by atoms with Gasteiger partial charge in [-0.05, 0) is 60.9 Å². The van der Waals surface area contributed by atoms with Crippen molar-refractivity contribution in [3.05, 3.63) is 94.8 Å². The number of benzene rings is 2. The highest BCUT2D eigenvalue weighted by molar-refractivity contribution is 6.30. The van der Waals surface area contributed by atoms with Gasteiger partial charge in [0.15, 0.2) is 0 Å². The molecule has 4 N–H and O–H groups in total. The molecule has 31 heavy (non-hydrogen) atoms. The van der Waals surface area contributed by atoms with Crippen LogP contribution in [0.4, 0.5) is 5.69 Å². The van der Waals surface area contributed by atoms with Crippen LogP contribution in [0.3, 0.4) is 0 Å². The zero-order valence-electron chi connectivity index (χ0n) is 17.2. The van der Waals surface area contributed by atoms with Crippen LogP contribution in [0.2, 0.25) is 5.02 Å². The molecule has 0 aliphatic heterocycles. The molecule has 0 bridgehead atoms. The van der Waals surface area contributed by atoms with Crippen molar-refractivity contribution >= 4 is 29.1 Å². The minimum atomic E-state index is -0.458. The Hall–Kier alpha value is -3.22. The first kappa shape index (κ1) is 22.5. The van der Waals surface area contributed by atoms with Crippen LogP contribution in [0.1, 0.15) is 40.9 Å². The number of pyridine rings is 1. The van der Waals surface area contributed by atoms with Gasteiger partial charge in [-0.15, -0.1) is 0 Å². The van der Waals surface area contributed by atoms with Gasteiger partial charge in [-0.3, -0.25) is 14.6 Å². The number of carbonyl (C=O) groups is 2. The lowest BCUT2D eigenvalue weighted by molar-refractivity contribution is -0.122. The molecule has 1 aromatic heterocycles. The quantitative estimate of drug-likeness (QED) is 0.494. The van der Waals surface area contributed by atoms with Crippen molar-refractivity contribution in [2.45, 2.75) is 31.8 Å². The van der Waals surface area contributed by atoms with Gasteiger partial charge in [0, 0.05) is 47.2 Å². The third kappa shape index (κ3) is 6.91. The molecule has 0 aliphatic rings. The highest BCUT2D eigenvalue weighted by atomic mass is 35.5. The molecule has 2 atom stereocenters. The maximum Gasteiger partial charge on any atom is 0.255 e.